The third kappa shape index (κ3) is 6.65. The maximum absolute atomic E-state index is 15.2. The van der Waals surface area contributed by atoms with Crippen molar-refractivity contribution in [2.45, 2.75) is 51.9 Å². The molecule has 0 unspecified atom stereocenters. The number of nitrogens with zero attached hydrogens (tertiary/aromatic N) is 3. The first kappa shape index (κ1) is 26.2. The number of halogens is 3. The minimum Gasteiger partial charge on any atom is -0.490 e. The minimum absolute atomic E-state index is 0.253. The number of fused-ring (bicyclic) bond motifs is 1. The van der Waals surface area contributed by atoms with Gasteiger partial charge in [0.05, 0.1) is 19.0 Å². The van der Waals surface area contributed by atoms with E-state index in [1.165, 1.54) is 6.07 Å². The van der Waals surface area contributed by atoms with Crippen molar-refractivity contribution >= 4 is 10.8 Å². The van der Waals surface area contributed by atoms with Crippen molar-refractivity contribution in [3.63, 3.8) is 0 Å². The topological polar surface area (TPSA) is 58.8 Å². The fourth-order valence-electron chi connectivity index (χ4n) is 4.24. The van der Waals surface area contributed by atoms with E-state index >= 15 is 4.39 Å². The molecule has 0 aliphatic carbocycles. The molecule has 0 aliphatic heterocycles. The van der Waals surface area contributed by atoms with E-state index in [0.29, 0.717) is 41.7 Å². The molecule has 190 valence electrons. The molecular formula is C30H28F3N3O. The summed E-state index contributed by atoms with van der Waals surface area (Å²) in [7, 11) is 0. The number of hydrogen-bond acceptors (Lipinski definition) is 4. The highest BCUT2D eigenvalue weighted by Gasteiger charge is 2.13. The quantitative estimate of drug-likeness (QED) is 0.206. The summed E-state index contributed by atoms with van der Waals surface area (Å²) < 4.78 is 48.6. The number of nitriles is 1. The van der Waals surface area contributed by atoms with Gasteiger partial charge in [0.2, 0.25) is 0 Å². The van der Waals surface area contributed by atoms with E-state index in [1.807, 2.05) is 18.2 Å². The molecule has 0 spiro atoms. The lowest BCUT2D eigenvalue weighted by Gasteiger charge is -2.10. The summed E-state index contributed by atoms with van der Waals surface area (Å²) >= 11 is 0. The van der Waals surface area contributed by atoms with Crippen LogP contribution >= 0.6 is 0 Å². The van der Waals surface area contributed by atoms with Crippen LogP contribution in [0.5, 0.6) is 5.75 Å². The van der Waals surface area contributed by atoms with Crippen molar-refractivity contribution in [2.24, 2.45) is 0 Å². The van der Waals surface area contributed by atoms with Crippen molar-refractivity contribution < 1.29 is 17.9 Å². The van der Waals surface area contributed by atoms with Gasteiger partial charge in [-0.15, -0.1) is 0 Å². The Morgan fingerprint density at radius 3 is 2.27 bits per heavy atom. The Bertz CT molecular complexity index is 1390. The van der Waals surface area contributed by atoms with Gasteiger partial charge >= 0.3 is 0 Å². The zero-order valence-electron chi connectivity index (χ0n) is 20.7. The third-order valence-corrected chi connectivity index (χ3v) is 6.33. The van der Waals surface area contributed by atoms with E-state index in [4.69, 9.17) is 10.00 Å². The number of hydrogen-bond donors (Lipinski definition) is 0. The van der Waals surface area contributed by atoms with E-state index < -0.39 is 17.2 Å². The first-order valence-corrected chi connectivity index (χ1v) is 12.5. The number of ether oxygens (including phenoxy) is 1. The minimum atomic E-state index is -0.902. The maximum atomic E-state index is 15.2. The van der Waals surface area contributed by atoms with E-state index in [2.05, 4.69) is 16.9 Å². The van der Waals surface area contributed by atoms with Gasteiger partial charge in [0.1, 0.15) is 34.9 Å². The predicted octanol–water partition coefficient (Wildman–Crippen LogP) is 7.06. The van der Waals surface area contributed by atoms with Gasteiger partial charge in [-0.2, -0.15) is 5.26 Å². The molecule has 0 radical (unpaired) electrons. The molecule has 7 heteroatoms. The van der Waals surface area contributed by atoms with Gasteiger partial charge in [0.15, 0.2) is 5.75 Å². The summed E-state index contributed by atoms with van der Waals surface area (Å²) in [6, 6.07) is 12.9. The van der Waals surface area contributed by atoms with Crippen LogP contribution in [0.3, 0.4) is 0 Å². The zero-order chi connectivity index (χ0) is 26.2. The molecule has 0 atom stereocenters. The van der Waals surface area contributed by atoms with Gasteiger partial charge < -0.3 is 4.74 Å². The lowest BCUT2D eigenvalue weighted by Crippen LogP contribution is -2.02. The molecule has 4 nitrogen and oxygen atoms in total. The number of unbranched alkanes of at least 4 members (excludes halogenated alkanes) is 2. The Morgan fingerprint density at radius 1 is 0.838 bits per heavy atom. The van der Waals surface area contributed by atoms with E-state index in [1.54, 1.807) is 24.5 Å². The van der Waals surface area contributed by atoms with E-state index in [9.17, 15) is 8.78 Å². The monoisotopic (exact) mass is 503 g/mol. The molecule has 4 rings (SSSR count). The smallest absolute Gasteiger partial charge is 0.155 e. The van der Waals surface area contributed by atoms with Crippen LogP contribution in [0.2, 0.25) is 0 Å². The van der Waals surface area contributed by atoms with Crippen molar-refractivity contribution in [3.05, 3.63) is 100 Å². The Morgan fingerprint density at radius 2 is 1.57 bits per heavy atom. The number of benzene rings is 3. The van der Waals surface area contributed by atoms with Gasteiger partial charge in [-0.05, 0) is 59.9 Å². The molecule has 0 saturated carbocycles. The highest BCUT2D eigenvalue weighted by atomic mass is 19.1. The lowest BCUT2D eigenvalue weighted by molar-refractivity contribution is 0.303. The van der Waals surface area contributed by atoms with Crippen molar-refractivity contribution in [3.8, 4) is 11.8 Å². The largest absolute Gasteiger partial charge is 0.490 e. The summed E-state index contributed by atoms with van der Waals surface area (Å²) in [5.41, 5.74) is 1.29. The molecule has 3 aromatic carbocycles. The maximum Gasteiger partial charge on any atom is 0.155 e. The molecule has 0 amide bonds. The second-order valence-corrected chi connectivity index (χ2v) is 9.03. The second-order valence-electron chi connectivity index (χ2n) is 9.03. The van der Waals surface area contributed by atoms with Crippen LogP contribution in [-0.2, 0) is 25.7 Å². The number of aromatic nitrogens is 2. The third-order valence-electron chi connectivity index (χ3n) is 6.33. The molecule has 37 heavy (non-hydrogen) atoms. The van der Waals surface area contributed by atoms with Gasteiger partial charge in [-0.3, -0.25) is 0 Å². The van der Waals surface area contributed by atoms with Crippen LogP contribution in [0.15, 0.2) is 54.9 Å². The Hall–Kier alpha value is -3.92. The van der Waals surface area contributed by atoms with Crippen LogP contribution in [-0.4, -0.2) is 16.6 Å². The molecule has 0 fully saturated rings. The molecule has 0 aliphatic rings. The number of rotatable bonds is 11. The summed E-state index contributed by atoms with van der Waals surface area (Å²) in [6.07, 6.45) is 8.60. The number of aryl methyl sites for hydroxylation is 4. The second kappa shape index (κ2) is 12.4. The first-order valence-electron chi connectivity index (χ1n) is 12.5. The van der Waals surface area contributed by atoms with Crippen LogP contribution in [0.1, 0.15) is 54.3 Å². The molecule has 0 N–H and O–H groups in total. The summed E-state index contributed by atoms with van der Waals surface area (Å²) in [5.74, 6) is -0.747. The Balaban J connectivity index is 1.37. The molecule has 0 saturated heterocycles. The molecule has 0 bridgehead atoms. The Kier molecular flexibility index (Phi) is 8.73. The fourth-order valence-corrected chi connectivity index (χ4v) is 4.24. The van der Waals surface area contributed by atoms with Gasteiger partial charge in [-0.1, -0.05) is 50.1 Å². The van der Waals surface area contributed by atoms with Gasteiger partial charge in [0.25, 0.3) is 0 Å². The molecule has 4 aromatic rings. The molecule has 1 heterocycles. The van der Waals surface area contributed by atoms with E-state index in [-0.39, 0.29) is 18.7 Å². The van der Waals surface area contributed by atoms with Crippen LogP contribution in [0.25, 0.3) is 10.8 Å². The van der Waals surface area contributed by atoms with Crippen LogP contribution in [0, 0.1) is 28.8 Å². The van der Waals surface area contributed by atoms with Gasteiger partial charge in [-0.25, -0.2) is 23.1 Å². The highest BCUT2D eigenvalue weighted by molar-refractivity contribution is 5.84. The van der Waals surface area contributed by atoms with Gasteiger partial charge in [0, 0.05) is 11.8 Å². The summed E-state index contributed by atoms with van der Waals surface area (Å²) in [4.78, 5) is 8.78. The first-order chi connectivity index (χ1) is 18.0. The zero-order valence-corrected chi connectivity index (χ0v) is 20.7. The van der Waals surface area contributed by atoms with E-state index in [0.717, 1.165) is 48.2 Å². The summed E-state index contributed by atoms with van der Waals surface area (Å²) in [6.45, 7) is 2.81. The van der Waals surface area contributed by atoms with Crippen LogP contribution < -0.4 is 4.74 Å². The predicted molar refractivity (Wildman–Crippen MR) is 137 cm³/mol. The van der Waals surface area contributed by atoms with Crippen molar-refractivity contribution in [1.82, 2.24) is 9.97 Å². The summed E-state index contributed by atoms with van der Waals surface area (Å²) in [5, 5.41) is 10.1. The lowest BCUT2D eigenvalue weighted by atomic mass is 9.97. The molecule has 1 aromatic heterocycles. The normalized spacial score (nSPS) is 11.0. The Labute approximate surface area is 214 Å². The molecular weight excluding hydrogens is 475 g/mol. The highest BCUT2D eigenvalue weighted by Crippen LogP contribution is 2.25. The average Bonchev–Trinajstić information content (AvgIpc) is 2.90. The fraction of sp³-hybridized carbons (Fsp3) is 0.300. The van der Waals surface area contributed by atoms with Crippen molar-refractivity contribution in [1.29, 1.82) is 5.26 Å². The van der Waals surface area contributed by atoms with Crippen LogP contribution in [0.4, 0.5) is 13.2 Å². The van der Waals surface area contributed by atoms with Crippen molar-refractivity contribution in [2.75, 3.05) is 6.61 Å². The average molecular weight is 504 g/mol. The standard InChI is InChI=1S/C30H28F3N3O/c1-2-3-4-13-37-24-18-35-29(36-19-24)12-7-20-6-11-25-23(14-20)10-9-22(30(25)33)8-5-21-15-27(31)26(17-34)28(32)16-21/h6,9-11,14-16,18-19H,2-5,7-8,12-13H2,1H3. The SMILES string of the molecule is CCCCCOc1cnc(CCc2ccc3c(F)c(CCc4cc(F)c(C#N)c(F)c4)ccc3c2)nc1.